The second kappa shape index (κ2) is 8.41. The van der Waals surface area contributed by atoms with Gasteiger partial charge in [-0.1, -0.05) is 17.3 Å². The second-order valence-electron chi connectivity index (χ2n) is 7.70. The van der Waals surface area contributed by atoms with Crippen molar-refractivity contribution in [3.63, 3.8) is 0 Å². The Balaban J connectivity index is 1.33. The summed E-state index contributed by atoms with van der Waals surface area (Å²) in [7, 11) is -2.63. The molecule has 10 nitrogen and oxygen atoms in total. The van der Waals surface area contributed by atoms with Gasteiger partial charge in [0.15, 0.2) is 0 Å². The molecule has 0 N–H and O–H groups in total. The molecule has 0 amide bonds. The third-order valence-electron chi connectivity index (χ3n) is 5.82. The van der Waals surface area contributed by atoms with Crippen LogP contribution in [0.15, 0.2) is 64.4 Å². The smallest absolute Gasteiger partial charge is 0.339 e. The molecular weight excluding hydrogens is 446 g/mol. The molecular formula is C22H21N5O5S. The molecule has 1 fully saturated rings. The van der Waals surface area contributed by atoms with Crippen LogP contribution < -0.4 is 0 Å². The molecule has 0 saturated carbocycles. The minimum atomic E-state index is -3.85. The Bertz CT molecular complexity index is 1420. The van der Waals surface area contributed by atoms with Gasteiger partial charge in [-0.15, -0.1) is 0 Å². The van der Waals surface area contributed by atoms with Gasteiger partial charge in [-0.25, -0.2) is 18.2 Å². The number of ether oxygens (including phenoxy) is 1. The van der Waals surface area contributed by atoms with E-state index in [-0.39, 0.29) is 29.5 Å². The Morgan fingerprint density at radius 2 is 1.91 bits per heavy atom. The zero-order valence-corrected chi connectivity index (χ0v) is 18.6. The first-order valence-electron chi connectivity index (χ1n) is 10.4. The van der Waals surface area contributed by atoms with Crippen molar-refractivity contribution in [2.24, 2.45) is 0 Å². The number of nitrogens with zero attached hydrogens (tertiary/aromatic N) is 5. The van der Waals surface area contributed by atoms with Crippen molar-refractivity contribution < 1.29 is 22.5 Å². The Kier molecular flexibility index (Phi) is 5.43. The monoisotopic (exact) mass is 467 g/mol. The maximum absolute atomic E-state index is 13.2. The SMILES string of the molecule is COC(=O)c1ccccc1S(=O)(=O)N1CCC(c2nc(-c3cccn4ccnc34)no2)CC1. The average Bonchev–Trinajstić information content (AvgIpc) is 3.53. The molecule has 0 radical (unpaired) electrons. The van der Waals surface area contributed by atoms with Crippen LogP contribution in [0, 0.1) is 0 Å². The maximum Gasteiger partial charge on any atom is 0.339 e. The molecule has 0 unspecified atom stereocenters. The highest BCUT2D eigenvalue weighted by Gasteiger charge is 2.34. The Morgan fingerprint density at radius 1 is 1.12 bits per heavy atom. The van der Waals surface area contributed by atoms with Crippen molar-refractivity contribution in [1.82, 2.24) is 23.8 Å². The first kappa shape index (κ1) is 21.3. The van der Waals surface area contributed by atoms with E-state index in [0.29, 0.717) is 24.6 Å². The first-order chi connectivity index (χ1) is 16.0. The second-order valence-corrected chi connectivity index (χ2v) is 9.61. The molecule has 4 heterocycles. The van der Waals surface area contributed by atoms with E-state index < -0.39 is 16.0 Å². The molecule has 3 aromatic heterocycles. The van der Waals surface area contributed by atoms with Gasteiger partial charge in [0, 0.05) is 37.6 Å². The quantitative estimate of drug-likeness (QED) is 0.411. The molecule has 1 aliphatic rings. The first-order valence-corrected chi connectivity index (χ1v) is 11.9. The van der Waals surface area contributed by atoms with Gasteiger partial charge in [-0.3, -0.25) is 0 Å². The van der Waals surface area contributed by atoms with Crippen LogP contribution >= 0.6 is 0 Å². The standard InChI is InChI=1S/C22H21N5O5S/c1-31-22(28)16-5-2-3-7-18(16)33(29,30)27-12-8-15(9-13-27)21-24-19(25-32-21)17-6-4-11-26-14-10-23-20(17)26/h2-7,10-11,14-15H,8-9,12-13H2,1H3. The van der Waals surface area contributed by atoms with Crippen molar-refractivity contribution in [2.45, 2.75) is 23.7 Å². The van der Waals surface area contributed by atoms with Gasteiger partial charge >= 0.3 is 5.97 Å². The number of aromatic nitrogens is 4. The Hall–Kier alpha value is -3.57. The molecule has 0 atom stereocenters. The van der Waals surface area contributed by atoms with E-state index in [1.807, 2.05) is 28.9 Å². The fourth-order valence-electron chi connectivity index (χ4n) is 4.09. The molecule has 33 heavy (non-hydrogen) atoms. The van der Waals surface area contributed by atoms with Crippen molar-refractivity contribution in [2.75, 3.05) is 20.2 Å². The van der Waals surface area contributed by atoms with Crippen LogP contribution in [-0.4, -0.2) is 58.4 Å². The molecule has 0 bridgehead atoms. The molecule has 0 spiro atoms. The van der Waals surface area contributed by atoms with Crippen molar-refractivity contribution >= 4 is 21.6 Å². The van der Waals surface area contributed by atoms with E-state index >= 15 is 0 Å². The van der Waals surface area contributed by atoms with Gasteiger partial charge in [0.25, 0.3) is 0 Å². The van der Waals surface area contributed by atoms with Gasteiger partial charge in [-0.05, 0) is 37.1 Å². The van der Waals surface area contributed by atoms with E-state index in [1.165, 1.54) is 23.5 Å². The summed E-state index contributed by atoms with van der Waals surface area (Å²) in [5.74, 6) is 0.178. The predicted molar refractivity (Wildman–Crippen MR) is 117 cm³/mol. The largest absolute Gasteiger partial charge is 0.465 e. The lowest BCUT2D eigenvalue weighted by Gasteiger charge is -2.30. The highest BCUT2D eigenvalue weighted by molar-refractivity contribution is 7.89. The number of rotatable bonds is 5. The zero-order chi connectivity index (χ0) is 23.0. The highest BCUT2D eigenvalue weighted by Crippen LogP contribution is 2.32. The van der Waals surface area contributed by atoms with Gasteiger partial charge in [0.1, 0.15) is 5.65 Å². The van der Waals surface area contributed by atoms with Crippen molar-refractivity contribution in [1.29, 1.82) is 0 Å². The number of esters is 1. The van der Waals surface area contributed by atoms with Gasteiger partial charge in [-0.2, -0.15) is 9.29 Å². The van der Waals surface area contributed by atoms with Gasteiger partial charge in [0.05, 0.1) is 23.1 Å². The van der Waals surface area contributed by atoms with Gasteiger partial charge < -0.3 is 13.7 Å². The Labute approximate surface area is 189 Å². The molecule has 5 rings (SSSR count). The summed E-state index contributed by atoms with van der Waals surface area (Å²) in [5, 5.41) is 4.12. The number of hydrogen-bond acceptors (Lipinski definition) is 8. The number of imidazole rings is 1. The van der Waals surface area contributed by atoms with Crippen molar-refractivity contribution in [3.05, 3.63) is 66.4 Å². The van der Waals surface area contributed by atoms with Gasteiger partial charge in [0.2, 0.25) is 21.7 Å². The van der Waals surface area contributed by atoms with Crippen molar-refractivity contribution in [3.8, 4) is 11.4 Å². The minimum Gasteiger partial charge on any atom is -0.465 e. The minimum absolute atomic E-state index is 0.0248. The van der Waals surface area contributed by atoms with Crippen LogP contribution in [0.4, 0.5) is 0 Å². The van der Waals surface area contributed by atoms with E-state index in [2.05, 4.69) is 15.1 Å². The zero-order valence-electron chi connectivity index (χ0n) is 17.8. The lowest BCUT2D eigenvalue weighted by atomic mass is 9.98. The third-order valence-corrected chi connectivity index (χ3v) is 7.77. The number of hydrogen-bond donors (Lipinski definition) is 0. The van der Waals surface area contributed by atoms with E-state index in [4.69, 9.17) is 9.26 Å². The fourth-order valence-corrected chi connectivity index (χ4v) is 5.74. The van der Waals surface area contributed by atoms with E-state index in [0.717, 1.165) is 11.2 Å². The summed E-state index contributed by atoms with van der Waals surface area (Å²) in [6, 6.07) is 9.83. The van der Waals surface area contributed by atoms with Crippen LogP contribution in [0.25, 0.3) is 17.0 Å². The number of piperidine rings is 1. The summed E-state index contributed by atoms with van der Waals surface area (Å²) in [5.41, 5.74) is 1.52. The normalized spacial score (nSPS) is 15.7. The molecule has 11 heteroatoms. The third kappa shape index (κ3) is 3.79. The summed E-state index contributed by atoms with van der Waals surface area (Å²) >= 11 is 0. The topological polar surface area (TPSA) is 120 Å². The summed E-state index contributed by atoms with van der Waals surface area (Å²) in [4.78, 5) is 20.9. The molecule has 1 aliphatic heterocycles. The summed E-state index contributed by atoms with van der Waals surface area (Å²) in [6.07, 6.45) is 6.48. The number of carbonyl (C=O) groups excluding carboxylic acids is 1. The number of sulfonamides is 1. The molecule has 4 aromatic rings. The van der Waals surface area contributed by atoms with E-state index in [9.17, 15) is 13.2 Å². The highest BCUT2D eigenvalue weighted by atomic mass is 32.2. The predicted octanol–water partition coefficient (Wildman–Crippen LogP) is 2.74. The molecule has 1 aromatic carbocycles. The molecule has 0 aliphatic carbocycles. The number of benzene rings is 1. The Morgan fingerprint density at radius 3 is 2.70 bits per heavy atom. The fraction of sp³-hybridized carbons (Fsp3) is 0.273. The lowest BCUT2D eigenvalue weighted by molar-refractivity contribution is 0.0596. The summed E-state index contributed by atoms with van der Waals surface area (Å²) in [6.45, 7) is 0.548. The number of fused-ring (bicyclic) bond motifs is 1. The molecule has 1 saturated heterocycles. The lowest BCUT2D eigenvalue weighted by Crippen LogP contribution is -2.38. The van der Waals surface area contributed by atoms with E-state index in [1.54, 1.807) is 18.3 Å². The maximum atomic E-state index is 13.2. The van der Waals surface area contributed by atoms with Crippen LogP contribution in [0.2, 0.25) is 0 Å². The number of pyridine rings is 1. The average molecular weight is 468 g/mol. The van der Waals surface area contributed by atoms with Crippen LogP contribution in [0.5, 0.6) is 0 Å². The number of carbonyl (C=O) groups is 1. The van der Waals surface area contributed by atoms with Crippen LogP contribution in [-0.2, 0) is 14.8 Å². The number of methoxy groups -OCH3 is 1. The molecule has 170 valence electrons. The summed E-state index contributed by atoms with van der Waals surface area (Å²) < 4.78 is 40.0. The van der Waals surface area contributed by atoms with Crippen LogP contribution in [0.1, 0.15) is 35.0 Å². The van der Waals surface area contributed by atoms with Crippen LogP contribution in [0.3, 0.4) is 0 Å².